The van der Waals surface area contributed by atoms with Gasteiger partial charge in [-0.1, -0.05) is 6.92 Å². The lowest BCUT2D eigenvalue weighted by molar-refractivity contribution is -0.167. The largest absolute Gasteiger partial charge is 0.394 e. The van der Waals surface area contributed by atoms with E-state index in [1.54, 1.807) is 11.8 Å². The quantitative estimate of drug-likeness (QED) is 0.646. The van der Waals surface area contributed by atoms with Crippen LogP contribution in [-0.4, -0.2) is 47.2 Å². The number of hydrogen-bond donors (Lipinski definition) is 3. The van der Waals surface area contributed by atoms with E-state index in [4.69, 9.17) is 15.6 Å². The average Bonchev–Trinajstić information content (AvgIpc) is 2.28. The van der Waals surface area contributed by atoms with Gasteiger partial charge in [-0.05, 0) is 26.7 Å². The second kappa shape index (κ2) is 5.66. The molecule has 1 unspecified atom stereocenters. The number of amides is 2. The topological polar surface area (TPSA) is 87.8 Å². The molecule has 0 spiro atoms. The Bertz CT molecular complexity index is 275. The number of carbonyl (C=O) groups excluding carboxylic acids is 1. The summed E-state index contributed by atoms with van der Waals surface area (Å²) in [5, 5.41) is 11.7. The van der Waals surface area contributed by atoms with Gasteiger partial charge in [0.1, 0.15) is 5.72 Å². The van der Waals surface area contributed by atoms with Crippen molar-refractivity contribution in [3.05, 3.63) is 0 Å². The van der Waals surface area contributed by atoms with Gasteiger partial charge in [-0.15, -0.1) is 0 Å². The number of ether oxygens (including phenoxy) is 1. The van der Waals surface area contributed by atoms with Crippen molar-refractivity contribution in [1.29, 1.82) is 0 Å². The molecule has 0 aromatic carbocycles. The van der Waals surface area contributed by atoms with Crippen LogP contribution in [0.15, 0.2) is 0 Å². The summed E-state index contributed by atoms with van der Waals surface area (Å²) in [6.07, 6.45) is 0.761. The molecule has 6 nitrogen and oxygen atoms in total. The van der Waals surface area contributed by atoms with Crippen molar-refractivity contribution in [3.63, 3.8) is 0 Å². The van der Waals surface area contributed by atoms with E-state index in [-0.39, 0.29) is 24.9 Å². The molecule has 2 amide bonds. The maximum Gasteiger partial charge on any atom is 0.320 e. The molecule has 0 aromatic heterocycles. The predicted molar refractivity (Wildman–Crippen MR) is 64.2 cm³/mol. The van der Waals surface area contributed by atoms with Crippen molar-refractivity contribution in [2.75, 3.05) is 13.2 Å². The summed E-state index contributed by atoms with van der Waals surface area (Å²) in [7, 11) is 0. The van der Waals surface area contributed by atoms with Crippen LogP contribution in [0.5, 0.6) is 0 Å². The molecule has 0 aliphatic carbocycles. The summed E-state index contributed by atoms with van der Waals surface area (Å²) in [5.74, 6) is 0. The lowest BCUT2D eigenvalue weighted by Crippen LogP contribution is -2.63. The zero-order valence-corrected chi connectivity index (χ0v) is 10.8. The van der Waals surface area contributed by atoms with Crippen LogP contribution in [0, 0.1) is 0 Å². The highest BCUT2D eigenvalue weighted by Gasteiger charge is 2.38. The molecule has 17 heavy (non-hydrogen) atoms. The third-order valence-corrected chi connectivity index (χ3v) is 3.16. The van der Waals surface area contributed by atoms with Crippen LogP contribution in [-0.2, 0) is 4.74 Å². The fourth-order valence-corrected chi connectivity index (χ4v) is 1.94. The fourth-order valence-electron chi connectivity index (χ4n) is 1.94. The van der Waals surface area contributed by atoms with Crippen molar-refractivity contribution in [2.24, 2.45) is 5.73 Å². The molecule has 1 rings (SSSR count). The van der Waals surface area contributed by atoms with Gasteiger partial charge in [-0.25, -0.2) is 4.79 Å². The molecule has 100 valence electrons. The molecule has 3 atom stereocenters. The zero-order valence-electron chi connectivity index (χ0n) is 10.8. The first kappa shape index (κ1) is 14.2. The van der Waals surface area contributed by atoms with Crippen LogP contribution in [0.1, 0.15) is 33.6 Å². The highest BCUT2D eigenvalue weighted by atomic mass is 16.5. The van der Waals surface area contributed by atoms with Crippen molar-refractivity contribution in [1.82, 2.24) is 10.2 Å². The first-order chi connectivity index (χ1) is 7.92. The molecule has 1 aliphatic rings. The normalized spacial score (nSPS) is 26.3. The average molecular weight is 245 g/mol. The summed E-state index contributed by atoms with van der Waals surface area (Å²) < 4.78 is 5.76. The van der Waals surface area contributed by atoms with Gasteiger partial charge >= 0.3 is 6.03 Å². The van der Waals surface area contributed by atoms with Crippen LogP contribution in [0.4, 0.5) is 4.79 Å². The van der Waals surface area contributed by atoms with Gasteiger partial charge in [0.2, 0.25) is 0 Å². The first-order valence-electron chi connectivity index (χ1n) is 6.05. The van der Waals surface area contributed by atoms with Crippen LogP contribution in [0.25, 0.3) is 0 Å². The highest BCUT2D eigenvalue weighted by molar-refractivity contribution is 5.75. The van der Waals surface area contributed by atoms with E-state index in [9.17, 15) is 4.79 Å². The van der Waals surface area contributed by atoms with E-state index in [1.165, 1.54) is 0 Å². The van der Waals surface area contributed by atoms with E-state index >= 15 is 0 Å². The smallest absolute Gasteiger partial charge is 0.320 e. The Morgan fingerprint density at radius 3 is 2.88 bits per heavy atom. The zero-order chi connectivity index (χ0) is 13.1. The second-order valence-corrected chi connectivity index (χ2v) is 4.64. The Hall–Kier alpha value is -0.850. The maximum absolute atomic E-state index is 11.9. The van der Waals surface area contributed by atoms with Gasteiger partial charge in [0.05, 0.1) is 18.9 Å². The monoisotopic (exact) mass is 245 g/mol. The Morgan fingerprint density at radius 1 is 1.76 bits per heavy atom. The lowest BCUT2D eigenvalue weighted by Gasteiger charge is -2.44. The summed E-state index contributed by atoms with van der Waals surface area (Å²) in [5.41, 5.74) is 4.96. The molecule has 1 heterocycles. The van der Waals surface area contributed by atoms with Crippen LogP contribution in [0.2, 0.25) is 0 Å². The molecular weight excluding hydrogens is 222 g/mol. The molecule has 1 fully saturated rings. The van der Waals surface area contributed by atoms with Crippen molar-refractivity contribution >= 4 is 6.03 Å². The molecule has 4 N–H and O–H groups in total. The third-order valence-electron chi connectivity index (χ3n) is 3.16. The first-order valence-corrected chi connectivity index (χ1v) is 6.05. The SMILES string of the molecule is CC[C@@](C)(O[C@@H](C)CO)N1CCC(N)NC1=O. The van der Waals surface area contributed by atoms with Gasteiger partial charge in [-0.3, -0.25) is 4.90 Å². The number of nitrogens with two attached hydrogens (primary N) is 1. The number of urea groups is 1. The number of rotatable bonds is 5. The molecule has 0 saturated carbocycles. The number of nitrogens with one attached hydrogen (secondary N) is 1. The van der Waals surface area contributed by atoms with Gasteiger partial charge < -0.3 is 20.9 Å². The Morgan fingerprint density at radius 2 is 2.41 bits per heavy atom. The number of hydrogen-bond acceptors (Lipinski definition) is 4. The van der Waals surface area contributed by atoms with Crippen LogP contribution in [0.3, 0.4) is 0 Å². The van der Waals surface area contributed by atoms with Crippen LogP contribution >= 0.6 is 0 Å². The van der Waals surface area contributed by atoms with E-state index in [1.807, 2.05) is 13.8 Å². The standard InChI is InChI=1S/C11H23N3O3/c1-4-11(3,17-8(2)7-15)14-6-5-9(12)13-10(14)16/h8-9,15H,4-7,12H2,1-3H3,(H,13,16)/t8-,9?,11+/m0/s1. The van der Waals surface area contributed by atoms with Gasteiger partial charge in [0, 0.05) is 6.54 Å². The Balaban J connectivity index is 2.74. The van der Waals surface area contributed by atoms with Crippen molar-refractivity contribution in [3.8, 4) is 0 Å². The third kappa shape index (κ3) is 3.31. The van der Waals surface area contributed by atoms with Gasteiger partial charge in [-0.2, -0.15) is 0 Å². The maximum atomic E-state index is 11.9. The molecule has 0 radical (unpaired) electrons. The number of carbonyl (C=O) groups is 1. The number of nitrogens with zero attached hydrogens (tertiary/aromatic N) is 1. The minimum absolute atomic E-state index is 0.0649. The van der Waals surface area contributed by atoms with Crippen molar-refractivity contribution < 1.29 is 14.6 Å². The highest BCUT2D eigenvalue weighted by Crippen LogP contribution is 2.25. The minimum atomic E-state index is -0.702. The molecule has 1 saturated heterocycles. The summed E-state index contributed by atoms with van der Waals surface area (Å²) in [6, 6.07) is -0.210. The van der Waals surface area contributed by atoms with E-state index in [2.05, 4.69) is 5.32 Å². The lowest BCUT2D eigenvalue weighted by atomic mass is 10.1. The number of aliphatic hydroxyl groups is 1. The summed E-state index contributed by atoms with van der Waals surface area (Å²) in [6.45, 7) is 6.09. The molecule has 0 bridgehead atoms. The Labute approximate surface area is 102 Å². The van der Waals surface area contributed by atoms with E-state index in [0.717, 1.165) is 0 Å². The van der Waals surface area contributed by atoms with E-state index < -0.39 is 5.72 Å². The molecule has 6 heteroatoms. The van der Waals surface area contributed by atoms with Crippen molar-refractivity contribution in [2.45, 2.75) is 51.6 Å². The second-order valence-electron chi connectivity index (χ2n) is 4.64. The number of aliphatic hydroxyl groups excluding tert-OH is 1. The molecule has 0 aromatic rings. The summed E-state index contributed by atoms with van der Waals surface area (Å²) in [4.78, 5) is 13.5. The fraction of sp³-hybridized carbons (Fsp3) is 0.909. The van der Waals surface area contributed by atoms with Crippen LogP contribution < -0.4 is 11.1 Å². The molecular formula is C11H23N3O3. The minimum Gasteiger partial charge on any atom is -0.394 e. The van der Waals surface area contributed by atoms with Gasteiger partial charge in [0.25, 0.3) is 0 Å². The molecule has 1 aliphatic heterocycles. The summed E-state index contributed by atoms with van der Waals surface area (Å²) >= 11 is 0. The van der Waals surface area contributed by atoms with E-state index in [0.29, 0.717) is 19.4 Å². The van der Waals surface area contributed by atoms with Gasteiger partial charge in [0.15, 0.2) is 0 Å². The Kier molecular flexibility index (Phi) is 4.73. The predicted octanol–water partition coefficient (Wildman–Crippen LogP) is 0.210.